The van der Waals surface area contributed by atoms with Gasteiger partial charge in [0.2, 0.25) is 0 Å². The van der Waals surface area contributed by atoms with Crippen molar-refractivity contribution in [3.63, 3.8) is 0 Å². The Balaban J connectivity index is 2.26. The number of hydrogen-bond donors (Lipinski definition) is 3. The van der Waals surface area contributed by atoms with Crippen LogP contribution in [0.15, 0.2) is 30.3 Å². The van der Waals surface area contributed by atoms with Crippen molar-refractivity contribution in [3.05, 3.63) is 35.9 Å². The summed E-state index contributed by atoms with van der Waals surface area (Å²) in [5.74, 6) is -0.740. The van der Waals surface area contributed by atoms with Gasteiger partial charge in [-0.15, -0.1) is 0 Å². The number of hydrogen-bond acceptors (Lipinski definition) is 11. The Hall–Kier alpha value is -2.28. The molecule has 0 aromatic heterocycles. The number of carbonyl (C=O) groups is 4. The van der Waals surface area contributed by atoms with Gasteiger partial charge >= 0.3 is 25.7 Å². The molecule has 1 rings (SSSR count). The molecule has 0 radical (unpaired) electrons. The predicted octanol–water partition coefficient (Wildman–Crippen LogP) is 9.99. The van der Waals surface area contributed by atoms with E-state index in [-0.39, 0.29) is 25.2 Å². The van der Waals surface area contributed by atoms with Gasteiger partial charge < -0.3 is 25.2 Å². The largest absolute Gasteiger partial charge is 0.480 e. The average molecular weight is 830 g/mol. The number of ketones is 1. The second-order valence-electron chi connectivity index (χ2n) is 14.6. The Bertz CT molecular complexity index is 1220. The van der Waals surface area contributed by atoms with E-state index in [2.05, 4.69) is 11.4 Å². The molecule has 4 N–H and O–H groups in total. The zero-order chi connectivity index (χ0) is 41.1. The minimum absolute atomic E-state index is 0.134. The summed E-state index contributed by atoms with van der Waals surface area (Å²) in [4.78, 5) is 58.1. The lowest BCUT2D eigenvalue weighted by Gasteiger charge is -2.20. The molecule has 14 heteroatoms. The molecule has 12 nitrogen and oxygen atoms in total. The molecule has 322 valence electrons. The van der Waals surface area contributed by atoms with E-state index in [9.17, 15) is 28.6 Å². The van der Waals surface area contributed by atoms with Gasteiger partial charge in [-0.05, 0) is 25.0 Å². The summed E-state index contributed by atoms with van der Waals surface area (Å²) in [5, 5.41) is 8.88. The molecule has 0 heterocycles. The van der Waals surface area contributed by atoms with E-state index in [4.69, 9.17) is 24.8 Å². The SMILES string of the molecule is CCCCCCCCCCCCCCCC(=O)OC[C@H](COP(=O)(O)OC[C@H](N)C(=O)O)OC(=O)CCCCCCCCCCCSCC(=O)c1ccccc1. The van der Waals surface area contributed by atoms with Crippen LogP contribution in [-0.4, -0.2) is 77.2 Å². The zero-order valence-corrected chi connectivity index (χ0v) is 35.8. The predicted molar refractivity (Wildman–Crippen MR) is 223 cm³/mol. The topological polar surface area (TPSA) is 189 Å². The van der Waals surface area contributed by atoms with Gasteiger partial charge in [-0.1, -0.05) is 159 Å². The third-order valence-corrected chi connectivity index (χ3v) is 11.4. The molecule has 0 aliphatic rings. The molecule has 1 unspecified atom stereocenters. The molecular formula is C42H72NO11PS. The normalized spacial score (nSPS) is 13.5. The van der Waals surface area contributed by atoms with Crippen LogP contribution in [0.4, 0.5) is 0 Å². The summed E-state index contributed by atoms with van der Waals surface area (Å²) in [7, 11) is -4.73. The highest BCUT2D eigenvalue weighted by Crippen LogP contribution is 2.43. The lowest BCUT2D eigenvalue weighted by atomic mass is 10.0. The van der Waals surface area contributed by atoms with Crippen molar-refractivity contribution < 1.29 is 52.3 Å². The molecule has 0 aliphatic heterocycles. The van der Waals surface area contributed by atoms with Gasteiger partial charge in [0.1, 0.15) is 12.6 Å². The molecule has 0 spiro atoms. The van der Waals surface area contributed by atoms with Crippen LogP contribution in [0, 0.1) is 0 Å². The molecule has 0 fully saturated rings. The van der Waals surface area contributed by atoms with E-state index < -0.39 is 51.1 Å². The number of nitrogens with two attached hydrogens (primary N) is 1. The number of aliphatic carboxylic acids is 1. The lowest BCUT2D eigenvalue weighted by molar-refractivity contribution is -0.161. The van der Waals surface area contributed by atoms with Crippen molar-refractivity contribution in [3.8, 4) is 0 Å². The maximum absolute atomic E-state index is 12.6. The Kier molecular flexibility index (Phi) is 32.1. The molecule has 0 aliphatic carbocycles. The summed E-state index contributed by atoms with van der Waals surface area (Å²) >= 11 is 1.69. The van der Waals surface area contributed by atoms with Crippen molar-refractivity contribution in [1.82, 2.24) is 0 Å². The van der Waals surface area contributed by atoms with E-state index in [1.165, 1.54) is 57.8 Å². The summed E-state index contributed by atoms with van der Waals surface area (Å²) in [6, 6.07) is 7.85. The number of phosphoric acid groups is 1. The molecule has 0 bridgehead atoms. The number of phosphoric ester groups is 1. The first kappa shape index (κ1) is 51.7. The van der Waals surface area contributed by atoms with Crippen molar-refractivity contribution >= 4 is 43.3 Å². The fourth-order valence-corrected chi connectivity index (χ4v) is 7.63. The van der Waals surface area contributed by atoms with Gasteiger partial charge in [0.15, 0.2) is 11.9 Å². The Morgan fingerprint density at radius 2 is 1.12 bits per heavy atom. The highest BCUT2D eigenvalue weighted by Gasteiger charge is 2.28. The third-order valence-electron chi connectivity index (χ3n) is 9.37. The van der Waals surface area contributed by atoms with Crippen LogP contribution in [0.5, 0.6) is 0 Å². The molecule has 0 saturated heterocycles. The maximum Gasteiger partial charge on any atom is 0.472 e. The van der Waals surface area contributed by atoms with Crippen molar-refractivity contribution in [2.24, 2.45) is 5.73 Å². The minimum atomic E-state index is -4.73. The van der Waals surface area contributed by atoms with Crippen LogP contribution >= 0.6 is 19.6 Å². The quantitative estimate of drug-likeness (QED) is 0.0246. The van der Waals surface area contributed by atoms with Crippen LogP contribution in [-0.2, 0) is 37.5 Å². The number of carbonyl (C=O) groups excluding carboxylic acids is 3. The van der Waals surface area contributed by atoms with E-state index in [1.807, 2.05) is 30.3 Å². The van der Waals surface area contributed by atoms with Crippen LogP contribution in [0.2, 0.25) is 0 Å². The van der Waals surface area contributed by atoms with Crippen LogP contribution in [0.3, 0.4) is 0 Å². The van der Waals surface area contributed by atoms with E-state index >= 15 is 0 Å². The monoisotopic (exact) mass is 829 g/mol. The van der Waals surface area contributed by atoms with Gasteiger partial charge in [0.05, 0.1) is 19.0 Å². The van der Waals surface area contributed by atoms with Crippen LogP contribution in [0.25, 0.3) is 0 Å². The van der Waals surface area contributed by atoms with Crippen molar-refractivity contribution in [1.29, 1.82) is 0 Å². The fraction of sp³-hybridized carbons (Fsp3) is 0.762. The first-order valence-corrected chi connectivity index (χ1v) is 23.8. The van der Waals surface area contributed by atoms with Gasteiger partial charge in [-0.3, -0.25) is 28.2 Å². The number of carboxylic acids is 1. The second-order valence-corrected chi connectivity index (χ2v) is 17.1. The van der Waals surface area contributed by atoms with Gasteiger partial charge in [0.25, 0.3) is 0 Å². The highest BCUT2D eigenvalue weighted by molar-refractivity contribution is 7.99. The summed E-state index contributed by atoms with van der Waals surface area (Å²) in [5.41, 5.74) is 6.09. The van der Waals surface area contributed by atoms with Crippen LogP contribution in [0.1, 0.15) is 171 Å². The first-order chi connectivity index (χ1) is 27.0. The summed E-state index contributed by atoms with van der Waals surface area (Å²) in [6.45, 7) is 0.510. The average Bonchev–Trinajstić information content (AvgIpc) is 3.18. The van der Waals surface area contributed by atoms with Crippen LogP contribution < -0.4 is 5.73 Å². The smallest absolute Gasteiger partial charge is 0.472 e. The number of rotatable bonds is 39. The highest BCUT2D eigenvalue weighted by atomic mass is 32.2. The number of benzene rings is 1. The van der Waals surface area contributed by atoms with E-state index in [0.29, 0.717) is 18.6 Å². The summed E-state index contributed by atoms with van der Waals surface area (Å²) in [6.07, 6.45) is 23.8. The Morgan fingerprint density at radius 1 is 0.661 bits per heavy atom. The third kappa shape index (κ3) is 30.8. The molecule has 0 amide bonds. The molecule has 1 aromatic carbocycles. The molecule has 56 heavy (non-hydrogen) atoms. The zero-order valence-electron chi connectivity index (χ0n) is 34.0. The number of Topliss-reactive ketones (excluding diaryl/α,β-unsaturated/α-hetero) is 1. The van der Waals surface area contributed by atoms with E-state index in [0.717, 1.165) is 81.9 Å². The maximum atomic E-state index is 12.6. The first-order valence-electron chi connectivity index (χ1n) is 21.2. The molecule has 3 atom stereocenters. The number of ether oxygens (including phenoxy) is 2. The van der Waals surface area contributed by atoms with Crippen molar-refractivity contribution in [2.45, 2.75) is 173 Å². The number of carboxylic acid groups (broad SMARTS) is 1. The lowest BCUT2D eigenvalue weighted by Crippen LogP contribution is -2.34. The summed E-state index contributed by atoms with van der Waals surface area (Å²) < 4.78 is 32.7. The standard InChI is InChI=1S/C42H72NO11PS/c1-2-3-4-5-6-7-8-9-10-12-15-18-24-29-40(45)51-32-37(33-52-55(49,50)53-34-38(43)42(47)48)54-41(46)30-25-19-16-13-11-14-17-20-26-31-56-35-39(44)36-27-22-21-23-28-36/h21-23,27-28,37-38H,2-20,24-26,29-35,43H2,1H3,(H,47,48)(H,49,50)/t37-,38+/m1/s1. The molecular weight excluding hydrogens is 757 g/mol. The van der Waals surface area contributed by atoms with Crippen molar-refractivity contribution in [2.75, 3.05) is 31.3 Å². The second kappa shape index (κ2) is 34.7. The van der Waals surface area contributed by atoms with Gasteiger partial charge in [0, 0.05) is 18.4 Å². The van der Waals surface area contributed by atoms with Gasteiger partial charge in [-0.2, -0.15) is 11.8 Å². The van der Waals surface area contributed by atoms with Gasteiger partial charge in [-0.25, -0.2) is 4.57 Å². The Labute approximate surface area is 340 Å². The fourth-order valence-electron chi connectivity index (χ4n) is 5.95. The number of unbranched alkanes of at least 4 members (excludes halogenated alkanes) is 20. The minimum Gasteiger partial charge on any atom is -0.480 e. The number of esters is 2. The Morgan fingerprint density at radius 3 is 1.64 bits per heavy atom. The molecule has 1 aromatic rings. The number of thioether (sulfide) groups is 1. The van der Waals surface area contributed by atoms with E-state index in [1.54, 1.807) is 11.8 Å². The molecule has 0 saturated carbocycles.